The second kappa shape index (κ2) is 13.8. The molecule has 0 aliphatic heterocycles. The molecule has 0 radical (unpaired) electrons. The van der Waals surface area contributed by atoms with Crippen LogP contribution in [0.1, 0.15) is 44.5 Å². The Morgan fingerprint density at radius 1 is 0.181 bits per heavy atom. The third-order valence-corrected chi connectivity index (χ3v) is 17.4. The highest BCUT2D eigenvalue weighted by molar-refractivity contribution is 6.25. The Bertz CT molecular complexity index is 4200. The van der Waals surface area contributed by atoms with Crippen molar-refractivity contribution in [2.75, 3.05) is 0 Å². The fourth-order valence-corrected chi connectivity index (χ4v) is 14.7. The van der Waals surface area contributed by atoms with E-state index >= 15 is 0 Å². The lowest BCUT2D eigenvalue weighted by Crippen LogP contribution is -2.26. The van der Waals surface area contributed by atoms with Gasteiger partial charge >= 0.3 is 0 Å². The van der Waals surface area contributed by atoms with Gasteiger partial charge in [-0.05, 0) is 191 Å². The van der Waals surface area contributed by atoms with Gasteiger partial charge in [-0.2, -0.15) is 0 Å². The Hall–Kier alpha value is -9.10. The van der Waals surface area contributed by atoms with Gasteiger partial charge in [-0.15, -0.1) is 0 Å². The van der Waals surface area contributed by atoms with Crippen LogP contribution in [-0.4, -0.2) is 0 Å². The molecule has 4 aliphatic carbocycles. The molecule has 0 heterocycles. The van der Waals surface area contributed by atoms with Crippen molar-refractivity contribution in [3.05, 3.63) is 299 Å². The van der Waals surface area contributed by atoms with E-state index in [-0.39, 0.29) is 0 Å². The average Bonchev–Trinajstić information content (AvgIpc) is 4.12. The molecule has 2 spiro atoms. The maximum Gasteiger partial charge on any atom is 0.0725 e. The molecule has 0 atom stereocenters. The molecule has 4 aliphatic rings. The minimum Gasteiger partial charge on any atom is -0.0619 e. The molecule has 330 valence electrons. The van der Waals surface area contributed by atoms with Crippen LogP contribution in [0.4, 0.5) is 0 Å². The number of rotatable bonds is 2. The van der Waals surface area contributed by atoms with Crippen LogP contribution in [0, 0.1) is 0 Å². The van der Waals surface area contributed by atoms with E-state index in [0.717, 1.165) is 0 Å². The molecule has 0 N–H and O–H groups in total. The highest BCUT2D eigenvalue weighted by atomic mass is 14.5. The van der Waals surface area contributed by atoms with Gasteiger partial charge in [0.2, 0.25) is 0 Å². The highest BCUT2D eigenvalue weighted by Crippen LogP contribution is 2.66. The molecule has 0 nitrogen and oxygen atoms in total. The first-order chi connectivity index (χ1) is 35.7. The number of benzene rings is 13. The summed E-state index contributed by atoms with van der Waals surface area (Å²) in [6.45, 7) is 0. The normalized spacial score (nSPS) is 14.3. The topological polar surface area (TPSA) is 0 Å². The van der Waals surface area contributed by atoms with Crippen LogP contribution < -0.4 is 0 Å². The van der Waals surface area contributed by atoms with Gasteiger partial charge in [0, 0.05) is 0 Å². The summed E-state index contributed by atoms with van der Waals surface area (Å²) in [6, 6.07) is 97.8. The van der Waals surface area contributed by atoms with Gasteiger partial charge in [0.25, 0.3) is 0 Å². The van der Waals surface area contributed by atoms with Gasteiger partial charge < -0.3 is 0 Å². The van der Waals surface area contributed by atoms with Gasteiger partial charge in [0.05, 0.1) is 10.8 Å². The molecule has 13 aromatic rings. The van der Waals surface area contributed by atoms with Gasteiger partial charge in [0.1, 0.15) is 0 Å². The van der Waals surface area contributed by atoms with E-state index in [1.807, 2.05) is 0 Å². The summed E-state index contributed by atoms with van der Waals surface area (Å²) in [5.41, 5.74) is 25.4. The number of fused-ring (bicyclic) bond motifs is 24. The van der Waals surface area contributed by atoms with Gasteiger partial charge in [-0.3, -0.25) is 0 Å². The molecule has 72 heavy (non-hydrogen) atoms. The Labute approximate surface area is 417 Å². The maximum atomic E-state index is 2.64. The van der Waals surface area contributed by atoms with Crippen LogP contribution >= 0.6 is 0 Å². The Morgan fingerprint density at radius 2 is 0.444 bits per heavy atom. The molecule has 0 bridgehead atoms. The van der Waals surface area contributed by atoms with Crippen LogP contribution in [-0.2, 0) is 10.8 Å². The van der Waals surface area contributed by atoms with Crippen molar-refractivity contribution in [2.45, 2.75) is 10.8 Å². The molecule has 13 aromatic carbocycles. The quantitative estimate of drug-likeness (QED) is 0.152. The first-order valence-electron chi connectivity index (χ1n) is 25.4. The summed E-state index contributed by atoms with van der Waals surface area (Å²) in [5, 5.41) is 10.0. The van der Waals surface area contributed by atoms with Gasteiger partial charge in [0.15, 0.2) is 0 Å². The highest BCUT2D eigenvalue weighted by Gasteiger charge is 2.53. The summed E-state index contributed by atoms with van der Waals surface area (Å²) in [6.07, 6.45) is 0. The van der Waals surface area contributed by atoms with E-state index in [2.05, 4.69) is 255 Å². The summed E-state index contributed by atoms with van der Waals surface area (Å²) >= 11 is 0. The van der Waals surface area contributed by atoms with Crippen LogP contribution in [0.2, 0.25) is 0 Å². The van der Waals surface area contributed by atoms with E-state index in [0.29, 0.717) is 0 Å². The van der Waals surface area contributed by atoms with Gasteiger partial charge in [-0.1, -0.05) is 218 Å². The largest absolute Gasteiger partial charge is 0.0725 e. The zero-order chi connectivity index (χ0) is 46.9. The lowest BCUT2D eigenvalue weighted by atomic mass is 9.69. The van der Waals surface area contributed by atoms with Crippen molar-refractivity contribution in [3.8, 4) is 66.8 Å². The van der Waals surface area contributed by atoms with Crippen LogP contribution in [0.25, 0.3) is 110 Å². The molecular weight excluding hydrogens is 865 g/mol. The third-order valence-electron chi connectivity index (χ3n) is 17.4. The monoisotopic (exact) mass is 906 g/mol. The molecule has 17 rings (SSSR count). The van der Waals surface area contributed by atoms with Crippen molar-refractivity contribution >= 4 is 43.1 Å². The minimum absolute atomic E-state index is 0.488. The Kier molecular flexibility index (Phi) is 7.43. The lowest BCUT2D eigenvalue weighted by molar-refractivity contribution is 0.795. The van der Waals surface area contributed by atoms with E-state index in [4.69, 9.17) is 0 Å². The molecule has 0 saturated carbocycles. The van der Waals surface area contributed by atoms with Crippen molar-refractivity contribution in [1.29, 1.82) is 0 Å². The second-order valence-electron chi connectivity index (χ2n) is 20.5. The lowest BCUT2D eigenvalue weighted by Gasteiger charge is -2.31. The number of hydrogen-bond donors (Lipinski definition) is 0. The molecule has 0 unspecified atom stereocenters. The summed E-state index contributed by atoms with van der Waals surface area (Å²) < 4.78 is 0. The fourth-order valence-electron chi connectivity index (χ4n) is 14.7. The van der Waals surface area contributed by atoms with E-state index in [9.17, 15) is 0 Å². The van der Waals surface area contributed by atoms with E-state index in [1.54, 1.807) is 0 Å². The van der Waals surface area contributed by atoms with E-state index in [1.165, 1.54) is 154 Å². The van der Waals surface area contributed by atoms with Crippen molar-refractivity contribution in [2.24, 2.45) is 0 Å². The Morgan fingerprint density at radius 3 is 0.778 bits per heavy atom. The zero-order valence-electron chi connectivity index (χ0n) is 39.2. The predicted octanol–water partition coefficient (Wildman–Crippen LogP) is 18.3. The van der Waals surface area contributed by atoms with Crippen LogP contribution in [0.3, 0.4) is 0 Å². The van der Waals surface area contributed by atoms with Crippen LogP contribution in [0.15, 0.2) is 255 Å². The Balaban J connectivity index is 1.10. The smallest absolute Gasteiger partial charge is 0.0619 e. The molecular formula is C72H42. The summed E-state index contributed by atoms with van der Waals surface area (Å²) in [7, 11) is 0. The third kappa shape index (κ3) is 4.64. The van der Waals surface area contributed by atoms with Gasteiger partial charge in [-0.25, -0.2) is 0 Å². The zero-order valence-corrected chi connectivity index (χ0v) is 39.2. The average molecular weight is 907 g/mol. The van der Waals surface area contributed by atoms with Crippen molar-refractivity contribution in [3.63, 3.8) is 0 Å². The van der Waals surface area contributed by atoms with Crippen molar-refractivity contribution in [1.82, 2.24) is 0 Å². The first-order valence-corrected chi connectivity index (χ1v) is 25.4. The number of hydrogen-bond acceptors (Lipinski definition) is 0. The first kappa shape index (κ1) is 38.7. The van der Waals surface area contributed by atoms with E-state index < -0.39 is 10.8 Å². The molecule has 0 amide bonds. The summed E-state index contributed by atoms with van der Waals surface area (Å²) in [5.74, 6) is 0. The summed E-state index contributed by atoms with van der Waals surface area (Å²) in [4.78, 5) is 0. The second-order valence-corrected chi connectivity index (χ2v) is 20.5. The predicted molar refractivity (Wildman–Crippen MR) is 300 cm³/mol. The molecule has 0 fully saturated rings. The standard InChI is InChI=1S/C72H42/c1-3-19-45-37-47(35-33-43(45)17-1)69-57-39-55-53-25-9-15-31-65(53)72(63-29-13-7-23-51(63)52-24-8-14-30-64(52)72)68(55)42-60(57)70(48-36-34-44-18-2-4-20-46(44)38-48)58-40-56-54-26-10-16-32-66(54)71(67(56)41-59(58)69)61-27-11-5-21-49(61)50-22-6-12-28-62(50)71/h1-42H. The van der Waals surface area contributed by atoms with Crippen LogP contribution in [0.5, 0.6) is 0 Å². The maximum absolute atomic E-state index is 2.64. The molecule has 0 heteroatoms. The molecule has 0 aromatic heterocycles. The van der Waals surface area contributed by atoms with Crippen molar-refractivity contribution < 1.29 is 0 Å². The molecule has 0 saturated heterocycles. The SMILES string of the molecule is c1ccc2c(c1)-c1ccccc1C21c2ccccc2-c2cc3c(-c4ccc5ccccc5c4)c4cc5c(cc4c(-c4ccc6ccccc6c4)c3cc21)-c1ccccc1C51c2ccccc2-c2ccccc21. The fraction of sp³-hybridized carbons (Fsp3) is 0.0278. The minimum atomic E-state index is -0.488.